The number of carbonyl (C=O) groups excluding carboxylic acids is 1. The number of nitrogens with one attached hydrogen (secondary N) is 1. The van der Waals surface area contributed by atoms with E-state index in [1.54, 1.807) is 25.1 Å². The monoisotopic (exact) mass is 372 g/mol. The molecule has 1 heterocycles. The highest BCUT2D eigenvalue weighted by Crippen LogP contribution is 2.28. The summed E-state index contributed by atoms with van der Waals surface area (Å²) in [5.41, 5.74) is 0.903. The number of rotatable bonds is 4. The van der Waals surface area contributed by atoms with Crippen molar-refractivity contribution in [2.24, 2.45) is 0 Å². The molecule has 26 heavy (non-hydrogen) atoms. The van der Waals surface area contributed by atoms with Gasteiger partial charge in [0.05, 0.1) is 16.6 Å². The van der Waals surface area contributed by atoms with E-state index in [1.165, 1.54) is 30.5 Å². The van der Waals surface area contributed by atoms with Gasteiger partial charge in [0.25, 0.3) is 5.91 Å². The van der Waals surface area contributed by atoms with E-state index >= 15 is 0 Å². The van der Waals surface area contributed by atoms with E-state index in [-0.39, 0.29) is 10.7 Å². The first kappa shape index (κ1) is 17.8. The van der Waals surface area contributed by atoms with Crippen molar-refractivity contribution in [3.8, 4) is 0 Å². The predicted molar refractivity (Wildman–Crippen MR) is 97.2 cm³/mol. The number of amides is 1. The molecule has 3 rings (SSSR count). The Morgan fingerprint density at radius 3 is 2.65 bits per heavy atom. The molecular weight excluding hydrogens is 359 g/mol. The highest BCUT2D eigenvalue weighted by atomic mass is 35.5. The Labute approximate surface area is 153 Å². The molecule has 0 aliphatic carbocycles. The van der Waals surface area contributed by atoms with Crippen LogP contribution in [0.1, 0.15) is 28.9 Å². The Morgan fingerprint density at radius 2 is 1.96 bits per heavy atom. The van der Waals surface area contributed by atoms with Crippen LogP contribution in [-0.4, -0.2) is 22.0 Å². The van der Waals surface area contributed by atoms with Crippen LogP contribution in [0.2, 0.25) is 5.02 Å². The molecule has 0 spiro atoms. The number of carboxylic acid groups (broad SMARTS) is 1. The Morgan fingerprint density at radius 1 is 1.19 bits per heavy atom. The molecule has 2 N–H and O–H groups in total. The van der Waals surface area contributed by atoms with Gasteiger partial charge < -0.3 is 10.4 Å². The van der Waals surface area contributed by atoms with Gasteiger partial charge in [-0.3, -0.25) is 14.6 Å². The van der Waals surface area contributed by atoms with Gasteiger partial charge in [0.2, 0.25) is 0 Å². The fourth-order valence-corrected chi connectivity index (χ4v) is 2.78. The number of pyridine rings is 1. The van der Waals surface area contributed by atoms with Crippen LogP contribution >= 0.6 is 11.6 Å². The fourth-order valence-electron chi connectivity index (χ4n) is 2.55. The van der Waals surface area contributed by atoms with Gasteiger partial charge in [-0.1, -0.05) is 23.7 Å². The van der Waals surface area contributed by atoms with Crippen LogP contribution in [0.5, 0.6) is 0 Å². The van der Waals surface area contributed by atoms with Crippen molar-refractivity contribution >= 4 is 39.9 Å². The summed E-state index contributed by atoms with van der Waals surface area (Å²) in [6.07, 6.45) is 1.47. The molecule has 1 aromatic heterocycles. The molecule has 0 bridgehead atoms. The van der Waals surface area contributed by atoms with Gasteiger partial charge in [-0.05, 0) is 48.2 Å². The summed E-state index contributed by atoms with van der Waals surface area (Å²) < 4.78 is 13.5. The normalized spacial score (nSPS) is 12.0. The van der Waals surface area contributed by atoms with Crippen LogP contribution in [0, 0.1) is 5.82 Å². The van der Waals surface area contributed by atoms with Gasteiger partial charge in [0.15, 0.2) is 0 Å². The summed E-state index contributed by atoms with van der Waals surface area (Å²) in [5, 5.41) is 13.0. The number of benzene rings is 2. The molecule has 0 saturated carbocycles. The smallest absolute Gasteiger partial charge is 0.310 e. The summed E-state index contributed by atoms with van der Waals surface area (Å²) in [6.45, 7) is 1.54. The lowest BCUT2D eigenvalue weighted by atomic mass is 10.0. The van der Waals surface area contributed by atoms with E-state index in [2.05, 4.69) is 10.3 Å². The number of anilines is 1. The van der Waals surface area contributed by atoms with Gasteiger partial charge in [-0.25, -0.2) is 4.39 Å². The average Bonchev–Trinajstić information content (AvgIpc) is 2.62. The molecule has 2 aromatic carbocycles. The second kappa shape index (κ2) is 7.09. The molecule has 0 fully saturated rings. The third kappa shape index (κ3) is 3.50. The third-order valence-electron chi connectivity index (χ3n) is 4.06. The van der Waals surface area contributed by atoms with Crippen molar-refractivity contribution in [3.63, 3.8) is 0 Å². The molecule has 3 aromatic rings. The van der Waals surface area contributed by atoms with Crippen molar-refractivity contribution in [3.05, 3.63) is 70.8 Å². The maximum atomic E-state index is 13.5. The summed E-state index contributed by atoms with van der Waals surface area (Å²) in [7, 11) is 0. The van der Waals surface area contributed by atoms with Crippen molar-refractivity contribution in [2.45, 2.75) is 12.8 Å². The molecule has 0 aliphatic rings. The minimum atomic E-state index is -0.972. The molecule has 132 valence electrons. The topological polar surface area (TPSA) is 79.3 Å². The lowest BCUT2D eigenvalue weighted by Gasteiger charge is -2.12. The number of hydrogen-bond donors (Lipinski definition) is 2. The van der Waals surface area contributed by atoms with Crippen LogP contribution < -0.4 is 5.32 Å². The maximum absolute atomic E-state index is 13.5. The number of nitrogens with zero attached hydrogens (tertiary/aromatic N) is 1. The molecule has 1 unspecified atom stereocenters. The predicted octanol–water partition coefficient (Wildman–Crippen LogP) is 4.47. The minimum Gasteiger partial charge on any atom is -0.481 e. The van der Waals surface area contributed by atoms with Crippen LogP contribution in [0.4, 0.5) is 10.1 Å². The van der Waals surface area contributed by atoms with Crippen LogP contribution in [0.15, 0.2) is 48.7 Å². The zero-order valence-corrected chi connectivity index (χ0v) is 14.4. The van der Waals surface area contributed by atoms with E-state index in [0.717, 1.165) is 0 Å². The Bertz CT molecular complexity index is 1020. The first-order valence-corrected chi connectivity index (χ1v) is 8.12. The molecular formula is C19H14ClFN2O3. The molecule has 5 nitrogen and oxygen atoms in total. The van der Waals surface area contributed by atoms with E-state index in [1.807, 2.05) is 0 Å². The second-order valence-corrected chi connectivity index (χ2v) is 6.19. The Hall–Kier alpha value is -2.99. The summed E-state index contributed by atoms with van der Waals surface area (Å²) in [6, 6.07) is 10.4. The molecule has 0 saturated heterocycles. The van der Waals surface area contributed by atoms with Crippen molar-refractivity contribution in [2.75, 3.05) is 5.32 Å². The standard InChI is InChI=1S/C19H14ClFN2O3/c1-10(19(25)26)12-3-5-16(15(20)8-12)23-18(24)17-14-9-13(21)4-2-11(14)6-7-22-17/h2-10H,1H3,(H,23,24)(H,25,26). The van der Waals surface area contributed by atoms with Gasteiger partial charge in [0, 0.05) is 11.6 Å². The number of hydrogen-bond acceptors (Lipinski definition) is 3. The summed E-state index contributed by atoms with van der Waals surface area (Å²) in [5.74, 6) is -2.70. The average molecular weight is 373 g/mol. The number of fused-ring (bicyclic) bond motifs is 1. The molecule has 0 aliphatic heterocycles. The zero-order chi connectivity index (χ0) is 18.8. The van der Waals surface area contributed by atoms with Crippen molar-refractivity contribution in [1.29, 1.82) is 0 Å². The fraction of sp³-hybridized carbons (Fsp3) is 0.105. The number of carboxylic acids is 1. The second-order valence-electron chi connectivity index (χ2n) is 5.78. The van der Waals surface area contributed by atoms with Gasteiger partial charge in [-0.15, -0.1) is 0 Å². The van der Waals surface area contributed by atoms with E-state index in [4.69, 9.17) is 16.7 Å². The SMILES string of the molecule is CC(C(=O)O)c1ccc(NC(=O)c2nccc3ccc(F)cc23)c(Cl)c1. The highest BCUT2D eigenvalue weighted by Gasteiger charge is 2.17. The molecule has 1 atom stereocenters. The number of aromatic nitrogens is 1. The zero-order valence-electron chi connectivity index (χ0n) is 13.7. The van der Waals surface area contributed by atoms with Crippen molar-refractivity contribution < 1.29 is 19.1 Å². The number of halogens is 2. The molecule has 0 radical (unpaired) electrons. The quantitative estimate of drug-likeness (QED) is 0.708. The van der Waals surface area contributed by atoms with E-state index in [0.29, 0.717) is 22.0 Å². The lowest BCUT2D eigenvalue weighted by Crippen LogP contribution is -2.15. The Kier molecular flexibility index (Phi) is 4.86. The maximum Gasteiger partial charge on any atom is 0.310 e. The number of aliphatic carboxylic acids is 1. The van der Waals surface area contributed by atoms with Gasteiger partial charge >= 0.3 is 5.97 Å². The first-order valence-electron chi connectivity index (χ1n) is 7.74. The third-order valence-corrected chi connectivity index (χ3v) is 4.37. The molecule has 7 heteroatoms. The van der Waals surface area contributed by atoms with Crippen molar-refractivity contribution in [1.82, 2.24) is 4.98 Å². The Balaban J connectivity index is 1.91. The van der Waals surface area contributed by atoms with Gasteiger partial charge in [-0.2, -0.15) is 0 Å². The summed E-state index contributed by atoms with van der Waals surface area (Å²) in [4.78, 5) is 27.7. The van der Waals surface area contributed by atoms with Crippen LogP contribution in [0.25, 0.3) is 10.8 Å². The molecule has 1 amide bonds. The highest BCUT2D eigenvalue weighted by molar-refractivity contribution is 6.34. The summed E-state index contributed by atoms with van der Waals surface area (Å²) >= 11 is 6.17. The van der Waals surface area contributed by atoms with Crippen LogP contribution in [0.3, 0.4) is 0 Å². The van der Waals surface area contributed by atoms with Crippen LogP contribution in [-0.2, 0) is 4.79 Å². The number of carbonyl (C=O) groups is 2. The minimum absolute atomic E-state index is 0.0704. The van der Waals surface area contributed by atoms with E-state index in [9.17, 15) is 14.0 Å². The van der Waals surface area contributed by atoms with E-state index < -0.39 is 23.6 Å². The lowest BCUT2D eigenvalue weighted by molar-refractivity contribution is -0.138. The largest absolute Gasteiger partial charge is 0.481 e. The van der Waals surface area contributed by atoms with Gasteiger partial charge in [0.1, 0.15) is 11.5 Å². The first-order chi connectivity index (χ1) is 12.4.